The number of ketones is 1. The number of benzene rings is 1. The first-order valence-electron chi connectivity index (χ1n) is 12.6. The van der Waals surface area contributed by atoms with Crippen LogP contribution in [0, 0.1) is 12.1 Å². The van der Waals surface area contributed by atoms with E-state index in [9.17, 15) is 9.59 Å². The SMILES string of the molecule is CCOCCn1c(C2CCN(CC(=O)c3ccc(C(C)(C)C(=O)OC)cc3)CC2)nc2cc#ccc21. The quantitative estimate of drug-likeness (QED) is 0.242. The lowest BCUT2D eigenvalue weighted by molar-refractivity contribution is -0.146. The molecule has 0 spiro atoms. The summed E-state index contributed by atoms with van der Waals surface area (Å²) in [6, 6.07) is 17.2. The largest absolute Gasteiger partial charge is 0.468 e. The van der Waals surface area contributed by atoms with Crippen molar-refractivity contribution in [3.05, 3.63) is 65.5 Å². The van der Waals surface area contributed by atoms with Crippen molar-refractivity contribution >= 4 is 22.8 Å². The summed E-state index contributed by atoms with van der Waals surface area (Å²) in [5, 5.41) is 0. The molecule has 0 aliphatic carbocycles. The molecule has 1 fully saturated rings. The molecule has 7 heteroatoms. The van der Waals surface area contributed by atoms with E-state index in [-0.39, 0.29) is 11.8 Å². The molecule has 36 heavy (non-hydrogen) atoms. The Morgan fingerprint density at radius 1 is 1.11 bits per heavy atom. The number of rotatable bonds is 10. The molecule has 4 rings (SSSR count). The smallest absolute Gasteiger partial charge is 0.315 e. The average molecular weight is 490 g/mol. The number of hydrogen-bond donors (Lipinski definition) is 0. The van der Waals surface area contributed by atoms with E-state index < -0.39 is 5.41 Å². The van der Waals surface area contributed by atoms with Crippen molar-refractivity contribution in [1.29, 1.82) is 0 Å². The highest BCUT2D eigenvalue weighted by molar-refractivity contribution is 5.97. The van der Waals surface area contributed by atoms with E-state index in [0.29, 0.717) is 31.2 Å². The Morgan fingerprint density at radius 2 is 1.81 bits per heavy atom. The van der Waals surface area contributed by atoms with Crippen LogP contribution < -0.4 is 0 Å². The molecule has 0 bridgehead atoms. The Morgan fingerprint density at radius 3 is 2.47 bits per heavy atom. The standard InChI is InChI=1S/C29H35N3O4/c1-5-36-19-18-32-25-9-7-6-8-24(25)30-27(32)22-14-16-31(17-15-22)20-26(33)21-10-12-23(13-11-21)29(2,3)28(34)35-4/h8-13,22H,5,14-20H2,1-4H3. The van der Waals surface area contributed by atoms with Gasteiger partial charge in [0.15, 0.2) is 5.78 Å². The van der Waals surface area contributed by atoms with E-state index in [0.717, 1.165) is 54.9 Å². The van der Waals surface area contributed by atoms with Crippen molar-refractivity contribution in [2.75, 3.05) is 40.0 Å². The van der Waals surface area contributed by atoms with E-state index in [1.807, 2.05) is 57.2 Å². The predicted molar refractivity (Wildman–Crippen MR) is 138 cm³/mol. The highest BCUT2D eigenvalue weighted by Gasteiger charge is 2.31. The molecule has 3 aromatic rings. The third-order valence-corrected chi connectivity index (χ3v) is 7.17. The number of likely N-dealkylation sites (tertiary alicyclic amines) is 1. The van der Waals surface area contributed by atoms with Crippen molar-refractivity contribution in [2.45, 2.75) is 51.5 Å². The number of carbonyl (C=O) groups is 2. The van der Waals surface area contributed by atoms with Crippen molar-refractivity contribution in [1.82, 2.24) is 14.5 Å². The Kier molecular flexibility index (Phi) is 8.07. The molecule has 0 unspecified atom stereocenters. The van der Waals surface area contributed by atoms with Crippen molar-refractivity contribution in [2.24, 2.45) is 0 Å². The van der Waals surface area contributed by atoms with Gasteiger partial charge < -0.3 is 14.0 Å². The monoisotopic (exact) mass is 489 g/mol. The van der Waals surface area contributed by atoms with Crippen LogP contribution in [0.25, 0.3) is 11.0 Å². The maximum absolute atomic E-state index is 13.0. The number of aromatic nitrogens is 2. The van der Waals surface area contributed by atoms with Crippen LogP contribution in [-0.4, -0.2) is 66.2 Å². The van der Waals surface area contributed by atoms with Gasteiger partial charge in [-0.15, -0.1) is 0 Å². The van der Waals surface area contributed by atoms with Crippen LogP contribution in [0.2, 0.25) is 0 Å². The second kappa shape index (κ2) is 11.2. The minimum Gasteiger partial charge on any atom is -0.468 e. The fourth-order valence-corrected chi connectivity index (χ4v) is 4.92. The van der Waals surface area contributed by atoms with Crippen LogP contribution in [0.3, 0.4) is 0 Å². The number of fused-ring (bicyclic) bond motifs is 1. The molecule has 190 valence electrons. The number of carbonyl (C=O) groups excluding carboxylic acids is 2. The maximum atomic E-state index is 13.0. The highest BCUT2D eigenvalue weighted by Crippen LogP contribution is 2.30. The Labute approximate surface area is 213 Å². The van der Waals surface area contributed by atoms with Crippen LogP contribution in [0.4, 0.5) is 0 Å². The van der Waals surface area contributed by atoms with Gasteiger partial charge in [-0.3, -0.25) is 14.5 Å². The minimum absolute atomic E-state index is 0.0888. The summed E-state index contributed by atoms with van der Waals surface area (Å²) < 4.78 is 12.8. The molecule has 1 aliphatic heterocycles. The van der Waals surface area contributed by atoms with Gasteiger partial charge in [-0.25, -0.2) is 4.98 Å². The number of methoxy groups -OCH3 is 1. The zero-order valence-electron chi connectivity index (χ0n) is 21.7. The summed E-state index contributed by atoms with van der Waals surface area (Å²) >= 11 is 0. The molecule has 0 N–H and O–H groups in total. The average Bonchev–Trinajstić information content (AvgIpc) is 3.27. The lowest BCUT2D eigenvalue weighted by Crippen LogP contribution is -2.37. The Balaban J connectivity index is 1.38. The van der Waals surface area contributed by atoms with Gasteiger partial charge in [0.1, 0.15) is 5.82 Å². The highest BCUT2D eigenvalue weighted by atomic mass is 16.5. The third-order valence-electron chi connectivity index (χ3n) is 7.17. The third kappa shape index (κ3) is 5.45. The van der Waals surface area contributed by atoms with E-state index in [2.05, 4.69) is 21.6 Å². The summed E-state index contributed by atoms with van der Waals surface area (Å²) in [6.45, 7) is 9.83. The summed E-state index contributed by atoms with van der Waals surface area (Å²) in [6.07, 6.45) is 1.90. The molecule has 7 nitrogen and oxygen atoms in total. The van der Waals surface area contributed by atoms with Crippen molar-refractivity contribution in [3.8, 4) is 0 Å². The Hall–Kier alpha value is -3.21. The summed E-state index contributed by atoms with van der Waals surface area (Å²) in [5.41, 5.74) is 2.74. The molecule has 1 aliphatic rings. The number of Topliss-reactive ketones (excluding diaryl/α,β-unsaturated/α-hetero) is 1. The molecule has 1 saturated heterocycles. The fourth-order valence-electron chi connectivity index (χ4n) is 4.92. The minimum atomic E-state index is -0.757. The lowest BCUT2D eigenvalue weighted by Gasteiger charge is -2.31. The van der Waals surface area contributed by atoms with Crippen LogP contribution in [-0.2, 0) is 26.2 Å². The van der Waals surface area contributed by atoms with Crippen LogP contribution in [0.1, 0.15) is 61.3 Å². The number of ether oxygens (including phenoxy) is 2. The second-order valence-corrected chi connectivity index (χ2v) is 9.83. The van der Waals surface area contributed by atoms with Crippen LogP contribution in [0.15, 0.2) is 36.4 Å². The Bertz CT molecular complexity index is 1190. The molecular weight excluding hydrogens is 454 g/mol. The normalized spacial score (nSPS) is 15.1. The first kappa shape index (κ1) is 25.9. The van der Waals surface area contributed by atoms with Crippen LogP contribution in [0.5, 0.6) is 0 Å². The van der Waals surface area contributed by atoms with E-state index >= 15 is 0 Å². The molecule has 0 radical (unpaired) electrons. The fraction of sp³-hybridized carbons (Fsp3) is 0.483. The number of hydrogen-bond acceptors (Lipinski definition) is 6. The number of piperidine rings is 1. The zero-order chi connectivity index (χ0) is 25.7. The topological polar surface area (TPSA) is 73.7 Å². The van der Waals surface area contributed by atoms with Gasteiger partial charge in [0.05, 0.1) is 36.7 Å². The van der Waals surface area contributed by atoms with Gasteiger partial charge >= 0.3 is 5.97 Å². The summed E-state index contributed by atoms with van der Waals surface area (Å²) in [7, 11) is 1.39. The van der Waals surface area contributed by atoms with E-state index in [1.165, 1.54) is 7.11 Å². The van der Waals surface area contributed by atoms with Gasteiger partial charge in [-0.2, -0.15) is 0 Å². The molecule has 2 aromatic carbocycles. The number of nitrogens with zero attached hydrogens (tertiary/aromatic N) is 3. The van der Waals surface area contributed by atoms with E-state index in [1.54, 1.807) is 0 Å². The molecular formula is C29H35N3O4. The first-order valence-corrected chi connectivity index (χ1v) is 12.6. The van der Waals surface area contributed by atoms with Crippen LogP contribution >= 0.6 is 0 Å². The molecule has 1 aromatic heterocycles. The molecule has 0 atom stereocenters. The van der Waals surface area contributed by atoms with Gasteiger partial charge in [0.2, 0.25) is 0 Å². The number of imidazole rings is 1. The number of esters is 1. The summed E-state index contributed by atoms with van der Waals surface area (Å²) in [5.74, 6) is 1.22. The van der Waals surface area contributed by atoms with Gasteiger partial charge in [-0.1, -0.05) is 36.4 Å². The van der Waals surface area contributed by atoms with Gasteiger partial charge in [-0.05, 0) is 52.3 Å². The maximum Gasteiger partial charge on any atom is 0.315 e. The molecule has 0 amide bonds. The molecule has 0 saturated carbocycles. The zero-order valence-corrected chi connectivity index (χ0v) is 21.7. The first-order chi connectivity index (χ1) is 17.3. The van der Waals surface area contributed by atoms with E-state index in [4.69, 9.17) is 14.5 Å². The summed E-state index contributed by atoms with van der Waals surface area (Å²) in [4.78, 5) is 32.2. The second-order valence-electron chi connectivity index (χ2n) is 9.83. The lowest BCUT2D eigenvalue weighted by atomic mass is 9.84. The van der Waals surface area contributed by atoms with Crippen molar-refractivity contribution < 1.29 is 19.1 Å². The molecule has 2 heterocycles. The van der Waals surface area contributed by atoms with Gasteiger partial charge in [0, 0.05) is 36.8 Å². The van der Waals surface area contributed by atoms with Gasteiger partial charge in [0.25, 0.3) is 0 Å². The van der Waals surface area contributed by atoms with Crippen molar-refractivity contribution in [3.63, 3.8) is 0 Å². The predicted octanol–water partition coefficient (Wildman–Crippen LogP) is 4.19.